The summed E-state index contributed by atoms with van der Waals surface area (Å²) in [6.45, 7) is 0.600. The Hall–Kier alpha value is -1.82. The van der Waals surface area contributed by atoms with Gasteiger partial charge in [0, 0.05) is 11.9 Å². The van der Waals surface area contributed by atoms with Crippen LogP contribution in [0.25, 0.3) is 10.2 Å². The lowest BCUT2D eigenvalue weighted by molar-refractivity contribution is 0.100. The van der Waals surface area contributed by atoms with Crippen LogP contribution in [0.5, 0.6) is 0 Å². The molecule has 0 fully saturated rings. The second-order valence-electron chi connectivity index (χ2n) is 3.24. The molecule has 4 N–H and O–H groups in total. The maximum Gasteiger partial charge on any atom is 0.261 e. The molecule has 15 heavy (non-hydrogen) atoms. The molecule has 0 aliphatic carbocycles. The third-order valence-corrected chi connectivity index (χ3v) is 3.47. The molecule has 0 atom stereocenters. The normalized spacial score (nSPS) is 13.3. The lowest BCUT2D eigenvalue weighted by atomic mass is 10.2. The van der Waals surface area contributed by atoms with Crippen molar-refractivity contribution in [3.63, 3.8) is 0 Å². The fourth-order valence-corrected chi connectivity index (χ4v) is 2.74. The second-order valence-corrected chi connectivity index (χ2v) is 4.24. The van der Waals surface area contributed by atoms with Gasteiger partial charge in [0.15, 0.2) is 0 Å². The molecule has 2 aromatic rings. The van der Waals surface area contributed by atoms with Gasteiger partial charge in [-0.2, -0.15) is 0 Å². The van der Waals surface area contributed by atoms with Crippen molar-refractivity contribution < 1.29 is 4.79 Å². The van der Waals surface area contributed by atoms with Gasteiger partial charge < -0.3 is 16.4 Å². The Morgan fingerprint density at radius 1 is 1.53 bits per heavy atom. The Kier molecular flexibility index (Phi) is 1.60. The van der Waals surface area contributed by atoms with Crippen LogP contribution in [0.2, 0.25) is 0 Å². The molecule has 0 saturated carbocycles. The van der Waals surface area contributed by atoms with Crippen molar-refractivity contribution in [2.45, 2.75) is 0 Å². The van der Waals surface area contributed by atoms with Crippen LogP contribution in [0, 0.1) is 0 Å². The number of aromatic nitrogens is 1. The van der Waals surface area contributed by atoms with Gasteiger partial charge in [0.05, 0.1) is 17.7 Å². The Labute approximate surface area is 89.3 Å². The molecule has 3 heterocycles. The third-order valence-electron chi connectivity index (χ3n) is 2.36. The van der Waals surface area contributed by atoms with Crippen molar-refractivity contribution in [3.05, 3.63) is 17.1 Å². The van der Waals surface area contributed by atoms with Gasteiger partial charge >= 0.3 is 0 Å². The van der Waals surface area contributed by atoms with Crippen molar-refractivity contribution in [2.24, 2.45) is 5.73 Å². The molecule has 0 aromatic carbocycles. The summed E-state index contributed by atoms with van der Waals surface area (Å²) in [5.74, 6) is -0.409. The zero-order valence-electron chi connectivity index (χ0n) is 7.70. The summed E-state index contributed by atoms with van der Waals surface area (Å²) in [4.78, 5) is 16.8. The summed E-state index contributed by atoms with van der Waals surface area (Å²) in [5, 5.41) is 7.26. The number of hydrogen-bond acceptors (Lipinski definition) is 5. The van der Waals surface area contributed by atoms with Gasteiger partial charge in [-0.1, -0.05) is 0 Å². The maximum absolute atomic E-state index is 11.2. The number of nitrogens with one attached hydrogen (secondary N) is 2. The van der Waals surface area contributed by atoms with Crippen LogP contribution in [-0.4, -0.2) is 17.6 Å². The fraction of sp³-hybridized carbons (Fsp3) is 0.111. The van der Waals surface area contributed by atoms with Crippen LogP contribution in [0.1, 0.15) is 9.67 Å². The molecular formula is C9H8N4OS. The molecule has 6 heteroatoms. The minimum atomic E-state index is -0.409. The summed E-state index contributed by atoms with van der Waals surface area (Å²) in [6.07, 6.45) is 1.72. The maximum atomic E-state index is 11.2. The Morgan fingerprint density at radius 3 is 3.20 bits per heavy atom. The molecular weight excluding hydrogens is 212 g/mol. The standard InChI is InChI=1S/C9H8N4OS/c10-8(14)7-6-5-4(12-3-13-6)1-2-11-9(5)15-7/h1-2,12-13H,3H2,(H2,10,14). The highest BCUT2D eigenvalue weighted by molar-refractivity contribution is 7.21. The number of primary amides is 1. The Morgan fingerprint density at radius 2 is 2.40 bits per heavy atom. The highest BCUT2D eigenvalue weighted by Crippen LogP contribution is 2.40. The first-order valence-corrected chi connectivity index (χ1v) is 5.28. The van der Waals surface area contributed by atoms with Gasteiger partial charge in [-0.05, 0) is 6.07 Å². The highest BCUT2D eigenvalue weighted by atomic mass is 32.1. The molecule has 76 valence electrons. The first-order valence-electron chi connectivity index (χ1n) is 4.46. The minimum absolute atomic E-state index is 0.409. The van der Waals surface area contributed by atoms with Crippen molar-refractivity contribution in [3.8, 4) is 0 Å². The van der Waals surface area contributed by atoms with E-state index in [0.29, 0.717) is 11.5 Å². The van der Waals surface area contributed by atoms with E-state index >= 15 is 0 Å². The number of hydrogen-bond donors (Lipinski definition) is 3. The summed E-state index contributed by atoms with van der Waals surface area (Å²) >= 11 is 1.32. The van der Waals surface area contributed by atoms with Crippen molar-refractivity contribution in [1.29, 1.82) is 0 Å². The third kappa shape index (κ3) is 1.08. The summed E-state index contributed by atoms with van der Waals surface area (Å²) < 4.78 is 0. The molecule has 0 spiro atoms. The number of carbonyl (C=O) groups is 1. The van der Waals surface area contributed by atoms with Gasteiger partial charge in [-0.25, -0.2) is 4.98 Å². The topological polar surface area (TPSA) is 80.0 Å². The molecule has 5 nitrogen and oxygen atoms in total. The molecule has 1 amide bonds. The van der Waals surface area contributed by atoms with Crippen LogP contribution < -0.4 is 16.4 Å². The van der Waals surface area contributed by atoms with E-state index in [4.69, 9.17) is 5.73 Å². The molecule has 0 saturated heterocycles. The smallest absolute Gasteiger partial charge is 0.261 e. The molecule has 0 unspecified atom stereocenters. The molecule has 0 bridgehead atoms. The minimum Gasteiger partial charge on any atom is -0.367 e. The van der Waals surface area contributed by atoms with E-state index < -0.39 is 5.91 Å². The molecule has 1 aliphatic heterocycles. The number of pyridine rings is 1. The monoisotopic (exact) mass is 220 g/mol. The predicted molar refractivity (Wildman–Crippen MR) is 60.3 cm³/mol. The van der Waals surface area contributed by atoms with Gasteiger partial charge in [-0.15, -0.1) is 11.3 Å². The van der Waals surface area contributed by atoms with Crippen LogP contribution in [-0.2, 0) is 0 Å². The molecule has 0 radical (unpaired) electrons. The molecule has 2 aromatic heterocycles. The predicted octanol–water partition coefficient (Wildman–Crippen LogP) is 1.19. The summed E-state index contributed by atoms with van der Waals surface area (Å²) in [7, 11) is 0. The van der Waals surface area contributed by atoms with Crippen LogP contribution in [0.4, 0.5) is 11.4 Å². The lowest BCUT2D eigenvalue weighted by Gasteiger charge is -2.17. The number of amides is 1. The average molecular weight is 220 g/mol. The zero-order valence-corrected chi connectivity index (χ0v) is 8.52. The number of thiophene rings is 1. The Bertz CT molecular complexity index is 562. The number of rotatable bonds is 1. The zero-order chi connectivity index (χ0) is 10.4. The quantitative estimate of drug-likeness (QED) is 0.674. The molecule has 3 rings (SSSR count). The van der Waals surface area contributed by atoms with E-state index in [0.717, 1.165) is 21.6 Å². The summed E-state index contributed by atoms with van der Waals surface area (Å²) in [5.41, 5.74) is 7.12. The largest absolute Gasteiger partial charge is 0.367 e. The van der Waals surface area contributed by atoms with E-state index in [1.165, 1.54) is 11.3 Å². The number of carbonyl (C=O) groups excluding carboxylic acids is 1. The first kappa shape index (κ1) is 8.49. The summed E-state index contributed by atoms with van der Waals surface area (Å²) in [6, 6.07) is 1.89. The fourth-order valence-electron chi connectivity index (χ4n) is 1.74. The van der Waals surface area contributed by atoms with Gasteiger partial charge in [0.1, 0.15) is 9.71 Å². The van der Waals surface area contributed by atoms with Crippen molar-refractivity contribution in [1.82, 2.24) is 4.98 Å². The van der Waals surface area contributed by atoms with E-state index in [1.807, 2.05) is 6.07 Å². The van der Waals surface area contributed by atoms with E-state index in [-0.39, 0.29) is 0 Å². The number of anilines is 2. The van der Waals surface area contributed by atoms with Crippen LogP contribution in [0.3, 0.4) is 0 Å². The van der Waals surface area contributed by atoms with Crippen LogP contribution >= 0.6 is 11.3 Å². The van der Waals surface area contributed by atoms with Crippen molar-refractivity contribution >= 4 is 38.8 Å². The Balaban J connectivity index is 2.43. The van der Waals surface area contributed by atoms with E-state index in [2.05, 4.69) is 15.6 Å². The van der Waals surface area contributed by atoms with E-state index in [9.17, 15) is 4.79 Å². The lowest BCUT2D eigenvalue weighted by Crippen LogP contribution is -2.19. The SMILES string of the molecule is NC(=O)c1sc2nccc3c2c1NCN3. The molecule has 1 aliphatic rings. The second kappa shape index (κ2) is 2.83. The average Bonchev–Trinajstić information content (AvgIpc) is 2.61. The van der Waals surface area contributed by atoms with Gasteiger partial charge in [0.2, 0.25) is 0 Å². The number of nitrogens with two attached hydrogens (primary N) is 1. The highest BCUT2D eigenvalue weighted by Gasteiger charge is 2.21. The van der Waals surface area contributed by atoms with E-state index in [1.54, 1.807) is 6.20 Å². The van der Waals surface area contributed by atoms with Crippen LogP contribution in [0.15, 0.2) is 12.3 Å². The van der Waals surface area contributed by atoms with Gasteiger partial charge in [0.25, 0.3) is 5.91 Å². The van der Waals surface area contributed by atoms with Gasteiger partial charge in [-0.3, -0.25) is 4.79 Å². The number of nitrogens with zero attached hydrogens (tertiary/aromatic N) is 1. The van der Waals surface area contributed by atoms with Crippen molar-refractivity contribution in [2.75, 3.05) is 17.3 Å². The first-order chi connectivity index (χ1) is 7.27.